The number of rotatable bonds is 6. The Labute approximate surface area is 209 Å². The van der Waals surface area contributed by atoms with Crippen LogP contribution in [0.5, 0.6) is 5.75 Å². The Bertz CT molecular complexity index is 1190. The van der Waals surface area contributed by atoms with Gasteiger partial charge >= 0.3 is 6.18 Å². The van der Waals surface area contributed by atoms with E-state index >= 15 is 0 Å². The lowest BCUT2D eigenvalue weighted by molar-refractivity contribution is -0.137. The third-order valence-electron chi connectivity index (χ3n) is 6.99. The van der Waals surface area contributed by atoms with Gasteiger partial charge < -0.3 is 9.84 Å². The van der Waals surface area contributed by atoms with Crippen molar-refractivity contribution < 1.29 is 27.4 Å². The van der Waals surface area contributed by atoms with Gasteiger partial charge in [-0.2, -0.15) is 13.2 Å². The van der Waals surface area contributed by atoms with Crippen molar-refractivity contribution in [3.63, 3.8) is 0 Å². The third-order valence-corrected chi connectivity index (χ3v) is 6.99. The standard InChI is InChI=1S/C29H31F4NO2/c1-18(2)24-15-25(27(36-3)16-26(24)30)23-10-9-22(29(31,32)33)13-21(23)17-34-12-11-20(14-28(34)35)19-7-5-4-6-8-19/h4-10,13,15-16,18,20,28,35H,11-12,14,17H2,1-3H3. The molecule has 0 aliphatic carbocycles. The normalized spacial score (nSPS) is 19.0. The van der Waals surface area contributed by atoms with Crippen molar-refractivity contribution in [1.29, 1.82) is 0 Å². The molecule has 0 bridgehead atoms. The quantitative estimate of drug-likeness (QED) is 0.359. The second-order valence-corrected chi connectivity index (χ2v) is 9.68. The Morgan fingerprint density at radius 2 is 1.75 bits per heavy atom. The fourth-order valence-electron chi connectivity index (χ4n) is 4.98. The topological polar surface area (TPSA) is 32.7 Å². The van der Waals surface area contributed by atoms with E-state index in [1.54, 1.807) is 11.0 Å². The zero-order valence-corrected chi connectivity index (χ0v) is 20.6. The van der Waals surface area contributed by atoms with E-state index in [1.807, 2.05) is 44.2 Å². The van der Waals surface area contributed by atoms with Crippen LogP contribution in [0.15, 0.2) is 60.7 Å². The van der Waals surface area contributed by atoms with Crippen LogP contribution in [0.1, 0.15) is 60.8 Å². The number of methoxy groups -OCH3 is 1. The van der Waals surface area contributed by atoms with Crippen LogP contribution >= 0.6 is 0 Å². The van der Waals surface area contributed by atoms with E-state index in [9.17, 15) is 22.7 Å². The summed E-state index contributed by atoms with van der Waals surface area (Å²) in [6.07, 6.45) is -4.03. The molecule has 3 aromatic rings. The molecule has 1 N–H and O–H groups in total. The maximum Gasteiger partial charge on any atom is 0.416 e. The van der Waals surface area contributed by atoms with Crippen molar-refractivity contribution >= 4 is 0 Å². The van der Waals surface area contributed by atoms with Crippen molar-refractivity contribution in [3.05, 3.63) is 88.7 Å². The van der Waals surface area contributed by atoms with Gasteiger partial charge in [-0.3, -0.25) is 4.90 Å². The summed E-state index contributed by atoms with van der Waals surface area (Å²) in [5.41, 5.74) is 2.30. The number of piperidine rings is 1. The van der Waals surface area contributed by atoms with Crippen LogP contribution in [-0.2, 0) is 12.7 Å². The molecule has 0 aromatic heterocycles. The van der Waals surface area contributed by atoms with Gasteiger partial charge in [0, 0.05) is 24.7 Å². The van der Waals surface area contributed by atoms with Crippen molar-refractivity contribution in [3.8, 4) is 16.9 Å². The van der Waals surface area contributed by atoms with Gasteiger partial charge in [-0.25, -0.2) is 4.39 Å². The molecule has 1 saturated heterocycles. The fraction of sp³-hybridized carbons (Fsp3) is 0.379. The largest absolute Gasteiger partial charge is 0.496 e. The summed E-state index contributed by atoms with van der Waals surface area (Å²) in [5, 5.41) is 10.9. The number of hydrogen-bond acceptors (Lipinski definition) is 3. The van der Waals surface area contributed by atoms with Crippen LogP contribution in [0.2, 0.25) is 0 Å². The van der Waals surface area contributed by atoms with Gasteiger partial charge in [-0.15, -0.1) is 0 Å². The minimum absolute atomic E-state index is 0.119. The number of hydrogen-bond donors (Lipinski definition) is 1. The third kappa shape index (κ3) is 5.57. The molecule has 36 heavy (non-hydrogen) atoms. The van der Waals surface area contributed by atoms with Crippen LogP contribution in [0.4, 0.5) is 17.6 Å². The summed E-state index contributed by atoms with van der Waals surface area (Å²) in [4.78, 5) is 1.80. The second kappa shape index (κ2) is 10.6. The first-order valence-corrected chi connectivity index (χ1v) is 12.1. The number of nitrogens with zero attached hydrogens (tertiary/aromatic N) is 1. The minimum Gasteiger partial charge on any atom is -0.496 e. The van der Waals surface area contributed by atoms with Gasteiger partial charge in [-0.05, 0) is 65.1 Å². The lowest BCUT2D eigenvalue weighted by Crippen LogP contribution is -2.41. The highest BCUT2D eigenvalue weighted by Crippen LogP contribution is 2.40. The zero-order valence-electron chi connectivity index (χ0n) is 20.6. The maximum atomic E-state index is 14.6. The molecule has 4 rings (SSSR count). The Morgan fingerprint density at radius 1 is 1.03 bits per heavy atom. The summed E-state index contributed by atoms with van der Waals surface area (Å²) < 4.78 is 60.9. The molecule has 1 heterocycles. The molecule has 7 heteroatoms. The van der Waals surface area contributed by atoms with E-state index in [1.165, 1.54) is 19.2 Å². The van der Waals surface area contributed by atoms with Gasteiger partial charge in [-0.1, -0.05) is 50.2 Å². The molecular weight excluding hydrogens is 470 g/mol. The number of likely N-dealkylation sites (tertiary alicyclic amines) is 1. The lowest BCUT2D eigenvalue weighted by atomic mass is 9.87. The molecule has 3 nitrogen and oxygen atoms in total. The van der Waals surface area contributed by atoms with Crippen LogP contribution in [0.25, 0.3) is 11.1 Å². The summed E-state index contributed by atoms with van der Waals surface area (Å²) in [5.74, 6) is -0.102. The smallest absolute Gasteiger partial charge is 0.416 e. The molecule has 2 atom stereocenters. The Hall–Kier alpha value is -2.90. The van der Waals surface area contributed by atoms with Crippen molar-refractivity contribution in [1.82, 2.24) is 4.90 Å². The first-order valence-electron chi connectivity index (χ1n) is 12.1. The van der Waals surface area contributed by atoms with Crippen LogP contribution < -0.4 is 4.74 Å². The summed E-state index contributed by atoms with van der Waals surface area (Å²) in [7, 11) is 1.41. The van der Waals surface area contributed by atoms with E-state index in [0.29, 0.717) is 35.2 Å². The minimum atomic E-state index is -4.51. The van der Waals surface area contributed by atoms with Crippen LogP contribution in [0.3, 0.4) is 0 Å². The molecule has 1 fully saturated rings. The zero-order chi connectivity index (χ0) is 26.0. The molecule has 1 aliphatic heterocycles. The van der Waals surface area contributed by atoms with Crippen molar-refractivity contribution in [2.75, 3.05) is 13.7 Å². The van der Waals surface area contributed by atoms with Crippen LogP contribution in [-0.4, -0.2) is 29.9 Å². The Morgan fingerprint density at radius 3 is 2.36 bits per heavy atom. The molecule has 0 radical (unpaired) electrons. The molecule has 0 spiro atoms. The lowest BCUT2D eigenvalue weighted by Gasteiger charge is -2.37. The van der Waals surface area contributed by atoms with E-state index in [-0.39, 0.29) is 24.1 Å². The van der Waals surface area contributed by atoms with Crippen molar-refractivity contribution in [2.24, 2.45) is 0 Å². The fourth-order valence-corrected chi connectivity index (χ4v) is 4.98. The maximum absolute atomic E-state index is 14.6. The van der Waals surface area contributed by atoms with Gasteiger partial charge in [0.2, 0.25) is 0 Å². The predicted molar refractivity (Wildman–Crippen MR) is 132 cm³/mol. The molecule has 1 aliphatic rings. The second-order valence-electron chi connectivity index (χ2n) is 9.68. The van der Waals surface area contributed by atoms with E-state index in [0.717, 1.165) is 24.1 Å². The molecule has 2 unspecified atom stereocenters. The van der Waals surface area contributed by atoms with Crippen LogP contribution in [0, 0.1) is 5.82 Å². The number of benzene rings is 3. The first kappa shape index (κ1) is 26.2. The summed E-state index contributed by atoms with van der Waals surface area (Å²) in [6, 6.07) is 16.5. The number of ether oxygens (including phenoxy) is 1. The highest BCUT2D eigenvalue weighted by molar-refractivity contribution is 5.75. The average molecular weight is 502 g/mol. The first-order chi connectivity index (χ1) is 17.1. The molecule has 192 valence electrons. The van der Waals surface area contributed by atoms with E-state index in [4.69, 9.17) is 4.74 Å². The SMILES string of the molecule is COc1cc(F)c(C(C)C)cc1-c1ccc(C(F)(F)F)cc1CN1CCC(c2ccccc2)CC1O. The van der Waals surface area contributed by atoms with Gasteiger partial charge in [0.15, 0.2) is 0 Å². The molecule has 0 saturated carbocycles. The summed E-state index contributed by atoms with van der Waals surface area (Å²) >= 11 is 0. The molecule has 3 aromatic carbocycles. The molecule has 0 amide bonds. The highest BCUT2D eigenvalue weighted by atomic mass is 19.4. The number of aliphatic hydroxyl groups excluding tert-OH is 1. The van der Waals surface area contributed by atoms with Gasteiger partial charge in [0.25, 0.3) is 0 Å². The predicted octanol–water partition coefficient (Wildman–Crippen LogP) is 7.34. The molecular formula is C29H31F4NO2. The Balaban J connectivity index is 1.71. The average Bonchev–Trinajstić information content (AvgIpc) is 2.85. The van der Waals surface area contributed by atoms with Gasteiger partial charge in [0.1, 0.15) is 17.8 Å². The van der Waals surface area contributed by atoms with Gasteiger partial charge in [0.05, 0.1) is 12.7 Å². The van der Waals surface area contributed by atoms with Crippen molar-refractivity contribution in [2.45, 2.75) is 57.5 Å². The van der Waals surface area contributed by atoms with E-state index in [2.05, 4.69) is 0 Å². The number of halogens is 4. The monoisotopic (exact) mass is 501 g/mol. The Kier molecular flexibility index (Phi) is 7.71. The number of aliphatic hydroxyl groups is 1. The number of alkyl halides is 3. The summed E-state index contributed by atoms with van der Waals surface area (Å²) in [6.45, 7) is 4.37. The highest BCUT2D eigenvalue weighted by Gasteiger charge is 2.33. The van der Waals surface area contributed by atoms with E-state index < -0.39 is 23.8 Å².